The van der Waals surface area contributed by atoms with Crippen LogP contribution in [0.15, 0.2) is 39.9 Å². The maximum Gasteiger partial charge on any atom is 0.281 e. The minimum atomic E-state index is -0.540. The number of nitrogens with zero attached hydrogens (tertiary/aromatic N) is 3. The number of benzene rings is 1. The SMILES string of the molecule is O=C(CN1CCCCCC1=O)N/N=C\c1ccc(-c2ccc(Cl)cc2[N+](=O)[O-])o1. The van der Waals surface area contributed by atoms with E-state index in [2.05, 4.69) is 10.5 Å². The van der Waals surface area contributed by atoms with Crippen LogP contribution in [0.3, 0.4) is 0 Å². The first kappa shape index (κ1) is 20.5. The lowest BCUT2D eigenvalue weighted by molar-refractivity contribution is -0.384. The van der Waals surface area contributed by atoms with Crippen LogP contribution in [-0.4, -0.2) is 40.9 Å². The fraction of sp³-hybridized carbons (Fsp3) is 0.316. The summed E-state index contributed by atoms with van der Waals surface area (Å²) in [4.78, 5) is 36.1. The van der Waals surface area contributed by atoms with Gasteiger partial charge in [-0.3, -0.25) is 19.7 Å². The van der Waals surface area contributed by atoms with Gasteiger partial charge in [0.2, 0.25) is 5.91 Å². The highest BCUT2D eigenvalue weighted by Gasteiger charge is 2.20. The van der Waals surface area contributed by atoms with Crippen LogP contribution < -0.4 is 5.43 Å². The van der Waals surface area contributed by atoms with Gasteiger partial charge in [-0.1, -0.05) is 18.0 Å². The Morgan fingerprint density at radius 1 is 1.31 bits per heavy atom. The van der Waals surface area contributed by atoms with Crippen molar-refractivity contribution in [2.45, 2.75) is 25.7 Å². The second-order valence-corrected chi connectivity index (χ2v) is 6.98. The molecule has 0 atom stereocenters. The number of rotatable bonds is 6. The van der Waals surface area contributed by atoms with Gasteiger partial charge in [0.15, 0.2) is 0 Å². The molecule has 29 heavy (non-hydrogen) atoms. The summed E-state index contributed by atoms with van der Waals surface area (Å²) in [6.07, 6.45) is 4.46. The summed E-state index contributed by atoms with van der Waals surface area (Å²) in [7, 11) is 0. The first-order chi connectivity index (χ1) is 13.9. The summed E-state index contributed by atoms with van der Waals surface area (Å²) >= 11 is 5.82. The predicted molar refractivity (Wildman–Crippen MR) is 107 cm³/mol. The van der Waals surface area contributed by atoms with E-state index in [1.807, 2.05) is 0 Å². The highest BCUT2D eigenvalue weighted by molar-refractivity contribution is 6.30. The second-order valence-electron chi connectivity index (χ2n) is 6.54. The maximum absolute atomic E-state index is 12.0. The van der Waals surface area contributed by atoms with Gasteiger partial charge in [-0.05, 0) is 37.1 Å². The van der Waals surface area contributed by atoms with Crippen LogP contribution in [0.4, 0.5) is 5.69 Å². The molecule has 9 nitrogen and oxygen atoms in total. The summed E-state index contributed by atoms with van der Waals surface area (Å²) in [6, 6.07) is 7.42. The van der Waals surface area contributed by atoms with Gasteiger partial charge >= 0.3 is 0 Å². The minimum Gasteiger partial charge on any atom is -0.455 e. The summed E-state index contributed by atoms with van der Waals surface area (Å²) in [5, 5.41) is 15.3. The Kier molecular flexibility index (Phi) is 6.61. The summed E-state index contributed by atoms with van der Waals surface area (Å²) in [5.41, 5.74) is 2.46. The molecule has 2 heterocycles. The highest BCUT2D eigenvalue weighted by Crippen LogP contribution is 2.33. The molecule has 2 amide bonds. The second kappa shape index (κ2) is 9.33. The quantitative estimate of drug-likeness (QED) is 0.438. The molecule has 1 N–H and O–H groups in total. The fourth-order valence-corrected chi connectivity index (χ4v) is 3.18. The summed E-state index contributed by atoms with van der Waals surface area (Å²) in [5.74, 6) is 0.144. The van der Waals surface area contributed by atoms with E-state index >= 15 is 0 Å². The van der Waals surface area contributed by atoms with E-state index in [0.29, 0.717) is 18.7 Å². The molecule has 1 aliphatic rings. The number of carbonyl (C=O) groups is 2. The number of hydrazone groups is 1. The van der Waals surface area contributed by atoms with Gasteiger partial charge < -0.3 is 9.32 Å². The van der Waals surface area contributed by atoms with Crippen LogP contribution in [-0.2, 0) is 9.59 Å². The van der Waals surface area contributed by atoms with Crippen molar-refractivity contribution >= 4 is 35.3 Å². The van der Waals surface area contributed by atoms with E-state index in [9.17, 15) is 19.7 Å². The first-order valence-electron chi connectivity index (χ1n) is 9.08. The van der Waals surface area contributed by atoms with Gasteiger partial charge in [0.1, 0.15) is 18.1 Å². The Labute approximate surface area is 171 Å². The van der Waals surface area contributed by atoms with Gasteiger partial charge in [-0.25, -0.2) is 5.43 Å². The largest absolute Gasteiger partial charge is 0.455 e. The van der Waals surface area contributed by atoms with Crippen LogP contribution in [0.25, 0.3) is 11.3 Å². The van der Waals surface area contributed by atoms with Crippen LogP contribution in [0.5, 0.6) is 0 Å². The van der Waals surface area contributed by atoms with Crippen molar-refractivity contribution in [3.63, 3.8) is 0 Å². The van der Waals surface area contributed by atoms with Crippen molar-refractivity contribution in [3.8, 4) is 11.3 Å². The highest BCUT2D eigenvalue weighted by atomic mass is 35.5. The Morgan fingerprint density at radius 2 is 2.14 bits per heavy atom. The number of carbonyl (C=O) groups excluding carboxylic acids is 2. The maximum atomic E-state index is 12.0. The minimum absolute atomic E-state index is 0.0261. The molecule has 0 saturated carbocycles. The van der Waals surface area contributed by atoms with Crippen molar-refractivity contribution < 1.29 is 18.9 Å². The molecule has 1 aromatic heterocycles. The van der Waals surface area contributed by atoms with Crippen molar-refractivity contribution in [3.05, 3.63) is 51.2 Å². The molecule has 3 rings (SSSR count). The monoisotopic (exact) mass is 418 g/mol. The standard InChI is InChI=1S/C19H19ClN4O5/c20-13-5-7-15(16(10-13)24(27)28)17-8-6-14(29-17)11-21-22-18(25)12-23-9-3-1-2-4-19(23)26/h5-8,10-11H,1-4,9,12H2,(H,22,25)/b21-11-. The zero-order chi connectivity index (χ0) is 20.8. The van der Waals surface area contributed by atoms with Crippen molar-refractivity contribution in [2.24, 2.45) is 5.10 Å². The van der Waals surface area contributed by atoms with Gasteiger partial charge in [-0.2, -0.15) is 5.10 Å². The predicted octanol–water partition coefficient (Wildman–Crippen LogP) is 3.36. The summed E-state index contributed by atoms with van der Waals surface area (Å²) in [6.45, 7) is 0.522. The number of hydrogen-bond acceptors (Lipinski definition) is 6. The Morgan fingerprint density at radius 3 is 2.93 bits per heavy atom. The molecule has 1 saturated heterocycles. The molecule has 0 aliphatic carbocycles. The van der Waals surface area contributed by atoms with Gasteiger partial charge in [0.25, 0.3) is 11.6 Å². The van der Waals surface area contributed by atoms with Gasteiger partial charge in [-0.15, -0.1) is 0 Å². The number of halogens is 1. The zero-order valence-corrected chi connectivity index (χ0v) is 16.2. The van der Waals surface area contributed by atoms with Crippen LogP contribution in [0.1, 0.15) is 31.4 Å². The van der Waals surface area contributed by atoms with Crippen LogP contribution in [0.2, 0.25) is 5.02 Å². The molecular weight excluding hydrogens is 400 g/mol. The Balaban J connectivity index is 1.62. The lowest BCUT2D eigenvalue weighted by atomic mass is 10.1. The number of nitrogens with one attached hydrogen (secondary N) is 1. The zero-order valence-electron chi connectivity index (χ0n) is 15.5. The molecule has 2 aromatic rings. The molecular formula is C19H19ClN4O5. The van der Waals surface area contributed by atoms with Crippen LogP contribution >= 0.6 is 11.6 Å². The Bertz CT molecular complexity index is 956. The number of furan rings is 1. The smallest absolute Gasteiger partial charge is 0.281 e. The molecule has 0 radical (unpaired) electrons. The third kappa shape index (κ3) is 5.41. The summed E-state index contributed by atoms with van der Waals surface area (Å²) < 4.78 is 5.55. The number of amides is 2. The van der Waals surface area contributed by atoms with Crippen molar-refractivity contribution in [1.82, 2.24) is 10.3 Å². The molecule has 1 aliphatic heterocycles. The lowest BCUT2D eigenvalue weighted by Gasteiger charge is -2.18. The Hall–Kier alpha value is -3.20. The molecule has 10 heteroatoms. The third-order valence-electron chi connectivity index (χ3n) is 4.44. The van der Waals surface area contributed by atoms with Crippen LogP contribution in [0, 0.1) is 10.1 Å². The molecule has 0 bridgehead atoms. The topological polar surface area (TPSA) is 118 Å². The molecule has 1 aromatic carbocycles. The molecule has 0 unspecified atom stereocenters. The van der Waals surface area contributed by atoms with Crippen molar-refractivity contribution in [2.75, 3.05) is 13.1 Å². The number of nitro benzene ring substituents is 1. The van der Waals surface area contributed by atoms with Gasteiger partial charge in [0, 0.05) is 24.1 Å². The van der Waals surface area contributed by atoms with E-state index in [1.54, 1.807) is 12.1 Å². The van der Waals surface area contributed by atoms with E-state index in [1.165, 1.54) is 29.3 Å². The lowest BCUT2D eigenvalue weighted by Crippen LogP contribution is -2.39. The van der Waals surface area contributed by atoms with Gasteiger partial charge in [0.05, 0.1) is 16.7 Å². The number of hydrogen-bond donors (Lipinski definition) is 1. The average molecular weight is 419 g/mol. The average Bonchev–Trinajstić information content (AvgIpc) is 3.06. The molecule has 1 fully saturated rings. The molecule has 152 valence electrons. The van der Waals surface area contributed by atoms with E-state index in [-0.39, 0.29) is 34.5 Å². The first-order valence-corrected chi connectivity index (χ1v) is 9.45. The van der Waals surface area contributed by atoms with E-state index in [0.717, 1.165) is 19.3 Å². The fourth-order valence-electron chi connectivity index (χ4n) is 3.01. The number of likely N-dealkylation sites (tertiary alicyclic amines) is 1. The molecule has 0 spiro atoms. The van der Waals surface area contributed by atoms with E-state index in [4.69, 9.17) is 16.0 Å². The van der Waals surface area contributed by atoms with Crippen molar-refractivity contribution in [1.29, 1.82) is 0 Å². The normalized spacial score (nSPS) is 14.8. The van der Waals surface area contributed by atoms with E-state index < -0.39 is 10.8 Å². The third-order valence-corrected chi connectivity index (χ3v) is 4.67. The number of nitro groups is 1.